The Labute approximate surface area is 137 Å². The fourth-order valence-electron chi connectivity index (χ4n) is 2.55. The summed E-state index contributed by atoms with van der Waals surface area (Å²) in [6, 6.07) is 11.3. The van der Waals surface area contributed by atoms with E-state index in [4.69, 9.17) is 15.9 Å². The Bertz CT molecular complexity index is 1030. The number of furan rings is 1. The van der Waals surface area contributed by atoms with Crippen molar-refractivity contribution in [3.05, 3.63) is 47.7 Å². The summed E-state index contributed by atoms with van der Waals surface area (Å²) in [4.78, 5) is 8.53. The number of nitrogen functional groups attached to an aromatic ring is 2. The lowest BCUT2D eigenvalue weighted by molar-refractivity contribution is 0.547. The van der Waals surface area contributed by atoms with Gasteiger partial charge in [-0.05, 0) is 30.7 Å². The van der Waals surface area contributed by atoms with Crippen LogP contribution < -0.4 is 11.5 Å². The highest BCUT2D eigenvalue weighted by Crippen LogP contribution is 2.27. The van der Waals surface area contributed by atoms with Crippen LogP contribution in [0.3, 0.4) is 0 Å². The number of aryl methyl sites for hydroxylation is 1. The van der Waals surface area contributed by atoms with Crippen LogP contribution in [-0.2, 0) is 6.54 Å². The van der Waals surface area contributed by atoms with Gasteiger partial charge in [0, 0.05) is 5.69 Å². The number of fused-ring (bicyclic) bond motifs is 1. The topological polar surface area (TPSA) is 122 Å². The summed E-state index contributed by atoms with van der Waals surface area (Å²) in [6.45, 7) is 2.30. The highest BCUT2D eigenvalue weighted by atomic mass is 16.3. The molecule has 0 aliphatic carbocycles. The summed E-state index contributed by atoms with van der Waals surface area (Å²) in [5.74, 6) is 1.49. The molecule has 8 nitrogen and oxygen atoms in total. The second kappa shape index (κ2) is 5.34. The first-order valence-corrected chi connectivity index (χ1v) is 7.39. The first-order valence-electron chi connectivity index (χ1n) is 7.39. The number of hydrogen-bond acceptors (Lipinski definition) is 7. The SMILES string of the molecule is Cc1ccc(-c2nc(N)nc3c2nnn3Cc2ccccc2N)o1. The number of aromatic nitrogens is 5. The van der Waals surface area contributed by atoms with Crippen LogP contribution in [0.25, 0.3) is 22.6 Å². The number of anilines is 2. The smallest absolute Gasteiger partial charge is 0.222 e. The van der Waals surface area contributed by atoms with Crippen molar-refractivity contribution < 1.29 is 4.42 Å². The third-order valence-corrected chi connectivity index (χ3v) is 3.73. The predicted molar refractivity (Wildman–Crippen MR) is 89.9 cm³/mol. The minimum absolute atomic E-state index is 0.135. The fourth-order valence-corrected chi connectivity index (χ4v) is 2.55. The van der Waals surface area contributed by atoms with Crippen molar-refractivity contribution in [3.8, 4) is 11.5 Å². The molecule has 3 heterocycles. The van der Waals surface area contributed by atoms with Crippen LogP contribution in [0.15, 0.2) is 40.8 Å². The van der Waals surface area contributed by atoms with E-state index in [-0.39, 0.29) is 5.95 Å². The van der Waals surface area contributed by atoms with Gasteiger partial charge < -0.3 is 15.9 Å². The zero-order valence-electron chi connectivity index (χ0n) is 13.0. The molecule has 0 fully saturated rings. The molecule has 0 atom stereocenters. The summed E-state index contributed by atoms with van der Waals surface area (Å²) in [5.41, 5.74) is 15.1. The van der Waals surface area contributed by atoms with E-state index in [2.05, 4.69) is 20.3 Å². The Morgan fingerprint density at radius 1 is 1.08 bits per heavy atom. The monoisotopic (exact) mass is 321 g/mol. The van der Waals surface area contributed by atoms with Crippen LogP contribution in [-0.4, -0.2) is 25.0 Å². The minimum atomic E-state index is 0.135. The molecule has 0 aliphatic heterocycles. The van der Waals surface area contributed by atoms with Gasteiger partial charge in [0.15, 0.2) is 16.9 Å². The lowest BCUT2D eigenvalue weighted by Gasteiger charge is -2.06. The van der Waals surface area contributed by atoms with Crippen molar-refractivity contribution >= 4 is 22.8 Å². The molecule has 4 rings (SSSR count). The molecule has 3 aromatic heterocycles. The van der Waals surface area contributed by atoms with E-state index in [9.17, 15) is 0 Å². The first kappa shape index (κ1) is 14.2. The molecule has 0 radical (unpaired) electrons. The van der Waals surface area contributed by atoms with Crippen molar-refractivity contribution in [1.29, 1.82) is 0 Å². The largest absolute Gasteiger partial charge is 0.460 e. The Hall–Kier alpha value is -3.42. The molecule has 24 heavy (non-hydrogen) atoms. The second-order valence-corrected chi connectivity index (χ2v) is 5.46. The Morgan fingerprint density at radius 3 is 2.67 bits per heavy atom. The van der Waals surface area contributed by atoms with Gasteiger partial charge in [0.05, 0.1) is 6.54 Å². The Balaban J connectivity index is 1.85. The quantitative estimate of drug-likeness (QED) is 0.553. The number of nitrogens with two attached hydrogens (primary N) is 2. The van der Waals surface area contributed by atoms with Gasteiger partial charge in [-0.1, -0.05) is 23.4 Å². The normalized spacial score (nSPS) is 11.2. The molecule has 0 amide bonds. The average Bonchev–Trinajstić information content (AvgIpc) is 3.16. The number of nitrogens with zero attached hydrogens (tertiary/aromatic N) is 5. The van der Waals surface area contributed by atoms with Gasteiger partial charge in [-0.2, -0.15) is 4.98 Å². The summed E-state index contributed by atoms with van der Waals surface area (Å²) in [6.07, 6.45) is 0. The van der Waals surface area contributed by atoms with E-state index in [0.717, 1.165) is 11.3 Å². The maximum atomic E-state index is 6.00. The van der Waals surface area contributed by atoms with Crippen molar-refractivity contribution in [3.63, 3.8) is 0 Å². The fraction of sp³-hybridized carbons (Fsp3) is 0.125. The summed E-state index contributed by atoms with van der Waals surface area (Å²) >= 11 is 0. The second-order valence-electron chi connectivity index (χ2n) is 5.46. The molecule has 0 aliphatic rings. The molecule has 8 heteroatoms. The van der Waals surface area contributed by atoms with Gasteiger partial charge in [-0.25, -0.2) is 9.67 Å². The lowest BCUT2D eigenvalue weighted by Crippen LogP contribution is -2.06. The van der Waals surface area contributed by atoms with Crippen molar-refractivity contribution in [2.75, 3.05) is 11.5 Å². The molecule has 0 spiro atoms. The highest BCUT2D eigenvalue weighted by Gasteiger charge is 2.18. The van der Waals surface area contributed by atoms with Gasteiger partial charge in [0.2, 0.25) is 5.95 Å². The molecule has 0 saturated carbocycles. The van der Waals surface area contributed by atoms with Gasteiger partial charge in [-0.3, -0.25) is 0 Å². The van der Waals surface area contributed by atoms with Gasteiger partial charge in [0.25, 0.3) is 0 Å². The van der Waals surface area contributed by atoms with Crippen LogP contribution in [0.1, 0.15) is 11.3 Å². The van der Waals surface area contributed by atoms with Gasteiger partial charge in [-0.15, -0.1) is 5.10 Å². The molecule has 0 saturated heterocycles. The van der Waals surface area contributed by atoms with E-state index < -0.39 is 0 Å². The summed E-state index contributed by atoms with van der Waals surface area (Å²) in [5, 5.41) is 8.38. The Morgan fingerprint density at radius 2 is 1.92 bits per heavy atom. The van der Waals surface area contributed by atoms with Crippen molar-refractivity contribution in [1.82, 2.24) is 25.0 Å². The molecule has 4 N–H and O–H groups in total. The van der Waals surface area contributed by atoms with E-state index >= 15 is 0 Å². The van der Waals surface area contributed by atoms with Gasteiger partial charge >= 0.3 is 0 Å². The highest BCUT2D eigenvalue weighted by molar-refractivity contribution is 5.86. The number of rotatable bonds is 3. The Kier molecular flexibility index (Phi) is 3.16. The zero-order valence-corrected chi connectivity index (χ0v) is 13.0. The molecular weight excluding hydrogens is 306 g/mol. The van der Waals surface area contributed by atoms with E-state index in [1.165, 1.54) is 0 Å². The van der Waals surface area contributed by atoms with E-state index in [0.29, 0.717) is 34.9 Å². The van der Waals surface area contributed by atoms with Crippen molar-refractivity contribution in [2.24, 2.45) is 0 Å². The maximum Gasteiger partial charge on any atom is 0.222 e. The molecule has 4 aromatic rings. The first-order chi connectivity index (χ1) is 11.6. The molecule has 120 valence electrons. The van der Waals surface area contributed by atoms with Crippen LogP contribution in [0.4, 0.5) is 11.6 Å². The zero-order chi connectivity index (χ0) is 16.7. The predicted octanol–water partition coefficient (Wildman–Crippen LogP) is 2.00. The van der Waals surface area contributed by atoms with Crippen molar-refractivity contribution in [2.45, 2.75) is 13.5 Å². The van der Waals surface area contributed by atoms with Crippen LogP contribution in [0, 0.1) is 6.92 Å². The van der Waals surface area contributed by atoms with E-state index in [1.54, 1.807) is 4.68 Å². The van der Waals surface area contributed by atoms with Crippen LogP contribution >= 0.6 is 0 Å². The van der Waals surface area contributed by atoms with Crippen LogP contribution in [0.5, 0.6) is 0 Å². The molecule has 1 aromatic carbocycles. The number of benzene rings is 1. The minimum Gasteiger partial charge on any atom is -0.460 e. The molecule has 0 bridgehead atoms. The standard InChI is InChI=1S/C16H15N7O/c1-9-6-7-12(24-9)13-14-15(20-16(18)19-13)23(22-21-14)8-10-4-2-3-5-11(10)17/h2-7H,8,17H2,1H3,(H2,18,19,20). The van der Waals surface area contributed by atoms with E-state index in [1.807, 2.05) is 43.3 Å². The molecular formula is C16H15N7O. The summed E-state index contributed by atoms with van der Waals surface area (Å²) in [7, 11) is 0. The maximum absolute atomic E-state index is 6.00. The number of hydrogen-bond donors (Lipinski definition) is 2. The lowest BCUT2D eigenvalue weighted by atomic mass is 10.2. The third kappa shape index (κ3) is 2.34. The van der Waals surface area contributed by atoms with Crippen LogP contribution in [0.2, 0.25) is 0 Å². The van der Waals surface area contributed by atoms with Gasteiger partial charge in [0.1, 0.15) is 11.5 Å². The third-order valence-electron chi connectivity index (χ3n) is 3.73. The molecule has 0 unspecified atom stereocenters. The summed E-state index contributed by atoms with van der Waals surface area (Å²) < 4.78 is 7.29. The average molecular weight is 321 g/mol. The number of para-hydroxylation sites is 1.